The molecule has 0 amide bonds. The zero-order valence-corrected chi connectivity index (χ0v) is 10.5. The highest BCUT2D eigenvalue weighted by atomic mass is 15.5. The quantitative estimate of drug-likeness (QED) is 0.444. The van der Waals surface area contributed by atoms with Crippen molar-refractivity contribution in [2.24, 2.45) is 0 Å². The summed E-state index contributed by atoms with van der Waals surface area (Å²) in [7, 11) is 0. The first kappa shape index (κ1) is 13.0. The first-order chi connectivity index (χ1) is 7.38. The monoisotopic (exact) mass is 211 g/mol. The van der Waals surface area contributed by atoms with Gasteiger partial charge in [0.05, 0.1) is 0 Å². The molecule has 0 saturated heterocycles. The predicted octanol–water partition coefficient (Wildman–Crippen LogP) is 3.35. The maximum Gasteiger partial charge on any atom is 0.0306 e. The molecule has 1 aliphatic carbocycles. The van der Waals surface area contributed by atoms with Gasteiger partial charge in [-0.25, -0.2) is 5.01 Å². The van der Waals surface area contributed by atoms with Gasteiger partial charge in [-0.1, -0.05) is 39.5 Å². The Morgan fingerprint density at radius 3 is 2.33 bits per heavy atom. The molecule has 2 heteroatoms. The van der Waals surface area contributed by atoms with Crippen LogP contribution in [0.4, 0.5) is 0 Å². The fourth-order valence-corrected chi connectivity index (χ4v) is 2.25. The predicted molar refractivity (Wildman–Crippen MR) is 65.8 cm³/mol. The minimum Gasteiger partial charge on any atom is -0.224 e. The number of unbranched alkanes of at least 4 members (excludes halogenated alkanes) is 2. The van der Waals surface area contributed by atoms with Crippen LogP contribution >= 0.6 is 0 Å². The molecular weight excluding hydrogens is 184 g/mol. The van der Waals surface area contributed by atoms with Crippen LogP contribution in [0.5, 0.6) is 0 Å². The zero-order valence-electron chi connectivity index (χ0n) is 10.5. The third-order valence-electron chi connectivity index (χ3n) is 3.28. The summed E-state index contributed by atoms with van der Waals surface area (Å²) in [4.78, 5) is 0. The fraction of sp³-hybridized carbons (Fsp3) is 1.00. The second-order valence-electron chi connectivity index (χ2n) is 4.67. The SMILES string of the molecule is CCCC[N]N(CCCC)C1CCCC1. The molecule has 0 aliphatic heterocycles. The number of hydrogen-bond acceptors (Lipinski definition) is 1. The highest BCUT2D eigenvalue weighted by Crippen LogP contribution is 2.22. The van der Waals surface area contributed by atoms with Crippen molar-refractivity contribution >= 4 is 0 Å². The molecule has 0 aromatic carbocycles. The summed E-state index contributed by atoms with van der Waals surface area (Å²) in [5.74, 6) is 0. The van der Waals surface area contributed by atoms with Gasteiger partial charge in [-0.3, -0.25) is 0 Å². The van der Waals surface area contributed by atoms with E-state index >= 15 is 0 Å². The van der Waals surface area contributed by atoms with Crippen molar-refractivity contribution < 1.29 is 0 Å². The number of rotatable bonds is 8. The van der Waals surface area contributed by atoms with Gasteiger partial charge in [0, 0.05) is 19.1 Å². The lowest BCUT2D eigenvalue weighted by atomic mass is 10.2. The van der Waals surface area contributed by atoms with E-state index in [1.165, 1.54) is 57.9 Å². The van der Waals surface area contributed by atoms with Gasteiger partial charge in [0.1, 0.15) is 0 Å². The molecule has 1 saturated carbocycles. The van der Waals surface area contributed by atoms with Crippen molar-refractivity contribution in [1.82, 2.24) is 10.4 Å². The maximum absolute atomic E-state index is 4.77. The summed E-state index contributed by atoms with van der Waals surface area (Å²) in [5, 5.41) is 2.41. The van der Waals surface area contributed by atoms with E-state index in [9.17, 15) is 0 Å². The van der Waals surface area contributed by atoms with E-state index in [2.05, 4.69) is 18.9 Å². The normalized spacial score (nSPS) is 17.8. The Morgan fingerprint density at radius 1 is 1.07 bits per heavy atom. The van der Waals surface area contributed by atoms with Crippen molar-refractivity contribution in [1.29, 1.82) is 0 Å². The minimum absolute atomic E-state index is 0.772. The van der Waals surface area contributed by atoms with Gasteiger partial charge >= 0.3 is 0 Å². The third-order valence-corrected chi connectivity index (χ3v) is 3.28. The van der Waals surface area contributed by atoms with Crippen molar-refractivity contribution in [3.63, 3.8) is 0 Å². The largest absolute Gasteiger partial charge is 0.224 e. The molecule has 1 aliphatic rings. The summed E-state index contributed by atoms with van der Waals surface area (Å²) < 4.78 is 0. The first-order valence-corrected chi connectivity index (χ1v) is 6.82. The first-order valence-electron chi connectivity index (χ1n) is 6.82. The molecule has 89 valence electrons. The topological polar surface area (TPSA) is 17.3 Å². The molecule has 0 heterocycles. The maximum atomic E-state index is 4.77. The molecule has 0 N–H and O–H groups in total. The van der Waals surface area contributed by atoms with Crippen molar-refractivity contribution in [3.8, 4) is 0 Å². The summed E-state index contributed by atoms with van der Waals surface area (Å²) in [5.41, 5.74) is 4.77. The van der Waals surface area contributed by atoms with Crippen LogP contribution in [0.3, 0.4) is 0 Å². The molecule has 0 unspecified atom stereocenters. The second kappa shape index (κ2) is 8.12. The lowest BCUT2D eigenvalue weighted by molar-refractivity contribution is 0.116. The summed E-state index contributed by atoms with van der Waals surface area (Å²) in [6.07, 6.45) is 10.7. The Morgan fingerprint density at radius 2 is 1.73 bits per heavy atom. The van der Waals surface area contributed by atoms with E-state index in [1.807, 2.05) is 0 Å². The number of hydrogen-bond donors (Lipinski definition) is 0. The molecule has 0 aromatic rings. The molecule has 1 rings (SSSR count). The lowest BCUT2D eigenvalue weighted by Gasteiger charge is -2.27. The highest BCUT2D eigenvalue weighted by molar-refractivity contribution is 4.75. The van der Waals surface area contributed by atoms with Crippen LogP contribution in [0.1, 0.15) is 65.2 Å². The summed E-state index contributed by atoms with van der Waals surface area (Å²) >= 11 is 0. The van der Waals surface area contributed by atoms with Crippen LogP contribution in [0.2, 0.25) is 0 Å². The van der Waals surface area contributed by atoms with Crippen LogP contribution in [-0.2, 0) is 0 Å². The van der Waals surface area contributed by atoms with E-state index in [4.69, 9.17) is 5.43 Å². The van der Waals surface area contributed by atoms with Crippen molar-refractivity contribution in [2.75, 3.05) is 13.1 Å². The molecule has 1 fully saturated rings. The van der Waals surface area contributed by atoms with Crippen LogP contribution in [0.25, 0.3) is 0 Å². The molecule has 15 heavy (non-hydrogen) atoms. The molecule has 2 nitrogen and oxygen atoms in total. The number of nitrogens with zero attached hydrogens (tertiary/aromatic N) is 2. The van der Waals surface area contributed by atoms with Crippen LogP contribution in [-0.4, -0.2) is 24.1 Å². The minimum atomic E-state index is 0.772. The highest BCUT2D eigenvalue weighted by Gasteiger charge is 2.22. The average molecular weight is 211 g/mol. The molecule has 1 radical (unpaired) electrons. The third kappa shape index (κ3) is 4.98. The second-order valence-corrected chi connectivity index (χ2v) is 4.67. The Kier molecular flexibility index (Phi) is 7.03. The van der Waals surface area contributed by atoms with Gasteiger partial charge in [-0.05, 0) is 25.7 Å². The molecule has 0 aromatic heterocycles. The molecular formula is C13H27N2. The Labute approximate surface area is 95.4 Å². The summed E-state index contributed by atoms with van der Waals surface area (Å²) in [6.45, 7) is 6.72. The van der Waals surface area contributed by atoms with E-state index in [-0.39, 0.29) is 0 Å². The van der Waals surface area contributed by atoms with Gasteiger partial charge in [-0.15, -0.1) is 0 Å². The van der Waals surface area contributed by atoms with Gasteiger partial charge in [0.15, 0.2) is 0 Å². The van der Waals surface area contributed by atoms with Crippen molar-refractivity contribution in [3.05, 3.63) is 0 Å². The zero-order chi connectivity index (χ0) is 10.9. The van der Waals surface area contributed by atoms with Crippen LogP contribution in [0.15, 0.2) is 0 Å². The summed E-state index contributed by atoms with van der Waals surface area (Å²) in [6, 6.07) is 0.772. The fourth-order valence-electron chi connectivity index (χ4n) is 2.25. The Balaban J connectivity index is 2.23. The smallest absolute Gasteiger partial charge is 0.0306 e. The van der Waals surface area contributed by atoms with E-state index in [0.29, 0.717) is 0 Å². The Bertz CT molecular complexity index is 141. The van der Waals surface area contributed by atoms with E-state index < -0.39 is 0 Å². The van der Waals surface area contributed by atoms with E-state index in [0.717, 1.165) is 12.6 Å². The standard InChI is InChI=1S/C13H27N2/c1-3-5-11-14-15(12-6-4-2)13-9-7-8-10-13/h13H,3-12H2,1-2H3. The molecule has 0 spiro atoms. The Hall–Kier alpha value is -0.0800. The van der Waals surface area contributed by atoms with Gasteiger partial charge in [-0.2, -0.15) is 5.43 Å². The van der Waals surface area contributed by atoms with Crippen LogP contribution in [0, 0.1) is 0 Å². The molecule has 0 atom stereocenters. The van der Waals surface area contributed by atoms with E-state index in [1.54, 1.807) is 0 Å². The van der Waals surface area contributed by atoms with Gasteiger partial charge in [0.2, 0.25) is 0 Å². The van der Waals surface area contributed by atoms with Crippen molar-refractivity contribution in [2.45, 2.75) is 71.3 Å². The lowest BCUT2D eigenvalue weighted by Crippen LogP contribution is -2.40. The average Bonchev–Trinajstić information content (AvgIpc) is 2.76. The van der Waals surface area contributed by atoms with Crippen LogP contribution < -0.4 is 5.43 Å². The molecule has 0 bridgehead atoms. The van der Waals surface area contributed by atoms with Gasteiger partial charge in [0.25, 0.3) is 0 Å². The van der Waals surface area contributed by atoms with Gasteiger partial charge < -0.3 is 0 Å².